The summed E-state index contributed by atoms with van der Waals surface area (Å²) in [4.78, 5) is 0. The fourth-order valence-corrected chi connectivity index (χ4v) is 6.35. The average Bonchev–Trinajstić information content (AvgIpc) is 3.08. The zero-order valence-electron chi connectivity index (χ0n) is 18.1. The van der Waals surface area contributed by atoms with Gasteiger partial charge in [0.05, 0.1) is 58.4 Å². The second-order valence-corrected chi connectivity index (χ2v) is 10.8. The highest BCUT2D eigenvalue weighted by atomic mass is 16.5. The minimum atomic E-state index is -0.942. The molecule has 2 N–H and O–H groups in total. The van der Waals surface area contributed by atoms with Gasteiger partial charge in [-0.1, -0.05) is 0 Å². The standard InChI is InChI=1S/C23H33N3O3/c1-20(2,11-24)16-7-9-23(5,29-16)18-15(27)10-22(4,13-26)14-6-8-21(3,12-25)19(28)17(14)18/h14-19,27-28H,6-10H2,1-5H3/t14-,15-,16-,17-,18-,19-,21+,22+,23+/m0/s1. The van der Waals surface area contributed by atoms with Crippen molar-refractivity contribution in [3.8, 4) is 18.2 Å². The maximum atomic E-state index is 11.3. The van der Waals surface area contributed by atoms with Crippen LogP contribution in [0.5, 0.6) is 0 Å². The highest BCUT2D eigenvalue weighted by molar-refractivity contribution is 5.19. The van der Waals surface area contributed by atoms with Crippen LogP contribution in [0.1, 0.15) is 66.7 Å². The summed E-state index contributed by atoms with van der Waals surface area (Å²) < 4.78 is 6.46. The van der Waals surface area contributed by atoms with Gasteiger partial charge in [0.1, 0.15) is 0 Å². The fourth-order valence-electron chi connectivity index (χ4n) is 6.35. The molecule has 6 nitrogen and oxygen atoms in total. The molecule has 2 saturated carbocycles. The van der Waals surface area contributed by atoms with Crippen LogP contribution in [0.25, 0.3) is 0 Å². The Balaban J connectivity index is 2.03. The van der Waals surface area contributed by atoms with E-state index in [0.717, 1.165) is 0 Å². The fraction of sp³-hybridized carbons (Fsp3) is 0.870. The second-order valence-electron chi connectivity index (χ2n) is 10.8. The molecule has 0 unspecified atom stereocenters. The molecule has 0 radical (unpaired) electrons. The van der Waals surface area contributed by atoms with Crippen LogP contribution >= 0.6 is 0 Å². The quantitative estimate of drug-likeness (QED) is 0.735. The van der Waals surface area contributed by atoms with E-state index in [-0.39, 0.29) is 12.0 Å². The number of ether oxygens (including phenoxy) is 1. The Morgan fingerprint density at radius 1 is 0.966 bits per heavy atom. The summed E-state index contributed by atoms with van der Waals surface area (Å²) in [6.07, 6.45) is 0.904. The molecule has 1 heterocycles. The monoisotopic (exact) mass is 399 g/mol. The second kappa shape index (κ2) is 6.95. The zero-order chi connectivity index (χ0) is 21.8. The summed E-state index contributed by atoms with van der Waals surface area (Å²) in [5.41, 5.74) is -3.03. The predicted molar refractivity (Wildman–Crippen MR) is 106 cm³/mol. The van der Waals surface area contributed by atoms with Gasteiger partial charge in [0.2, 0.25) is 0 Å². The molecule has 0 aromatic rings. The van der Waals surface area contributed by atoms with E-state index in [1.54, 1.807) is 6.92 Å². The van der Waals surface area contributed by atoms with Gasteiger partial charge in [-0.3, -0.25) is 0 Å². The van der Waals surface area contributed by atoms with Crippen molar-refractivity contribution in [1.29, 1.82) is 15.8 Å². The smallest absolute Gasteiger partial charge is 0.0807 e. The van der Waals surface area contributed by atoms with Crippen molar-refractivity contribution >= 4 is 0 Å². The molecule has 0 amide bonds. The van der Waals surface area contributed by atoms with Crippen LogP contribution in [0.4, 0.5) is 0 Å². The third-order valence-electron chi connectivity index (χ3n) is 8.36. The third-order valence-corrected chi connectivity index (χ3v) is 8.36. The van der Waals surface area contributed by atoms with Crippen molar-refractivity contribution in [3.63, 3.8) is 0 Å². The van der Waals surface area contributed by atoms with Crippen LogP contribution < -0.4 is 0 Å². The van der Waals surface area contributed by atoms with Crippen molar-refractivity contribution in [2.75, 3.05) is 0 Å². The summed E-state index contributed by atoms with van der Waals surface area (Å²) in [5, 5.41) is 51.7. The summed E-state index contributed by atoms with van der Waals surface area (Å²) in [7, 11) is 0. The number of nitriles is 3. The number of rotatable bonds is 2. The first-order valence-corrected chi connectivity index (χ1v) is 10.7. The molecule has 0 bridgehead atoms. The highest BCUT2D eigenvalue weighted by Gasteiger charge is 2.64. The molecule has 29 heavy (non-hydrogen) atoms. The van der Waals surface area contributed by atoms with E-state index in [9.17, 15) is 26.0 Å². The van der Waals surface area contributed by atoms with Gasteiger partial charge in [0.25, 0.3) is 0 Å². The van der Waals surface area contributed by atoms with E-state index in [4.69, 9.17) is 4.74 Å². The van der Waals surface area contributed by atoms with Gasteiger partial charge in [0, 0.05) is 5.92 Å². The lowest BCUT2D eigenvalue weighted by molar-refractivity contribution is -0.212. The van der Waals surface area contributed by atoms with Gasteiger partial charge in [-0.15, -0.1) is 0 Å². The van der Waals surface area contributed by atoms with Gasteiger partial charge in [-0.2, -0.15) is 15.8 Å². The molecule has 3 aliphatic rings. The van der Waals surface area contributed by atoms with Crippen LogP contribution in [0.2, 0.25) is 0 Å². The normalized spacial score (nSPS) is 50.1. The number of hydrogen-bond acceptors (Lipinski definition) is 6. The molecule has 3 fully saturated rings. The first-order chi connectivity index (χ1) is 13.4. The molecule has 3 rings (SSSR count). The summed E-state index contributed by atoms with van der Waals surface area (Å²) >= 11 is 0. The highest BCUT2D eigenvalue weighted by Crippen LogP contribution is 2.60. The molecular formula is C23H33N3O3. The topological polar surface area (TPSA) is 121 Å². The van der Waals surface area contributed by atoms with E-state index < -0.39 is 45.9 Å². The van der Waals surface area contributed by atoms with Crippen molar-refractivity contribution < 1.29 is 14.9 Å². The van der Waals surface area contributed by atoms with Gasteiger partial charge in [-0.05, 0) is 78.6 Å². The molecule has 0 spiro atoms. The van der Waals surface area contributed by atoms with E-state index in [0.29, 0.717) is 32.1 Å². The van der Waals surface area contributed by atoms with E-state index in [1.165, 1.54) is 0 Å². The zero-order valence-corrected chi connectivity index (χ0v) is 18.1. The largest absolute Gasteiger partial charge is 0.393 e. The van der Waals surface area contributed by atoms with Gasteiger partial charge < -0.3 is 14.9 Å². The van der Waals surface area contributed by atoms with Crippen molar-refractivity contribution in [2.45, 2.75) is 90.6 Å². The predicted octanol–water partition coefficient (Wildman–Crippen LogP) is 3.30. The van der Waals surface area contributed by atoms with Crippen LogP contribution in [-0.2, 0) is 4.74 Å². The van der Waals surface area contributed by atoms with Gasteiger partial charge in [-0.25, -0.2) is 0 Å². The van der Waals surface area contributed by atoms with Crippen LogP contribution in [0.3, 0.4) is 0 Å². The Hall–Kier alpha value is -1.65. The van der Waals surface area contributed by atoms with Crippen molar-refractivity contribution in [3.05, 3.63) is 0 Å². The molecule has 1 saturated heterocycles. The molecule has 1 aliphatic heterocycles. The molecule has 2 aliphatic carbocycles. The van der Waals surface area contributed by atoms with E-state index in [2.05, 4.69) is 18.2 Å². The maximum Gasteiger partial charge on any atom is 0.0807 e. The number of nitrogens with zero attached hydrogens (tertiary/aromatic N) is 3. The lowest BCUT2D eigenvalue weighted by Crippen LogP contribution is -2.63. The average molecular weight is 400 g/mol. The van der Waals surface area contributed by atoms with Crippen molar-refractivity contribution in [2.24, 2.45) is 34.0 Å². The van der Waals surface area contributed by atoms with Gasteiger partial charge >= 0.3 is 0 Å². The van der Waals surface area contributed by atoms with E-state index >= 15 is 0 Å². The Morgan fingerprint density at radius 2 is 1.59 bits per heavy atom. The Bertz CT molecular complexity index is 793. The lowest BCUT2D eigenvalue weighted by atomic mass is 9.47. The number of aliphatic hydroxyl groups is 2. The van der Waals surface area contributed by atoms with Crippen molar-refractivity contribution in [1.82, 2.24) is 0 Å². The Kier molecular flexibility index (Phi) is 5.29. The molecule has 9 atom stereocenters. The first kappa shape index (κ1) is 22.0. The van der Waals surface area contributed by atoms with Crippen LogP contribution in [0.15, 0.2) is 0 Å². The summed E-state index contributed by atoms with van der Waals surface area (Å²) in [6.45, 7) is 9.32. The molecule has 0 aromatic heterocycles. The molecule has 6 heteroatoms. The van der Waals surface area contributed by atoms with Crippen LogP contribution in [0, 0.1) is 68.0 Å². The van der Waals surface area contributed by atoms with Gasteiger partial charge in [0.15, 0.2) is 0 Å². The third kappa shape index (κ3) is 3.25. The summed E-state index contributed by atoms with van der Waals surface area (Å²) in [5.74, 6) is -0.909. The number of fused-ring (bicyclic) bond motifs is 1. The van der Waals surface area contributed by atoms with E-state index in [1.807, 2.05) is 27.7 Å². The summed E-state index contributed by atoms with van der Waals surface area (Å²) in [6, 6.07) is 7.02. The molecule has 0 aromatic carbocycles. The molecule has 158 valence electrons. The Morgan fingerprint density at radius 3 is 2.14 bits per heavy atom. The SMILES string of the molecule is CC(C)(C#N)[C@@H]1CC[C@](C)([C@@H]2[C@H]3[C@H](O)[C@@](C)(C#N)CC[C@@H]3[C@@](C)(C#N)C[C@@H]2O)O1. The number of hydrogen-bond donors (Lipinski definition) is 2. The Labute approximate surface area is 174 Å². The maximum absolute atomic E-state index is 11.3. The minimum absolute atomic E-state index is 0.110. The number of aliphatic hydroxyl groups excluding tert-OH is 2. The first-order valence-electron chi connectivity index (χ1n) is 10.7. The van der Waals surface area contributed by atoms with Crippen LogP contribution in [-0.4, -0.2) is 34.1 Å². The lowest BCUT2D eigenvalue weighted by Gasteiger charge is -2.58. The minimum Gasteiger partial charge on any atom is -0.393 e. The molecular weight excluding hydrogens is 366 g/mol.